The first kappa shape index (κ1) is 15.5. The zero-order valence-electron chi connectivity index (χ0n) is 11.1. The minimum Gasteiger partial charge on any atom is -0.343 e. The van der Waals surface area contributed by atoms with Gasteiger partial charge in [-0.3, -0.25) is 4.79 Å². The molecule has 1 atom stereocenters. The van der Waals surface area contributed by atoms with Gasteiger partial charge in [-0.05, 0) is 31.5 Å². The maximum atomic E-state index is 12.2. The molecule has 0 fully saturated rings. The van der Waals surface area contributed by atoms with Gasteiger partial charge in [0.2, 0.25) is 0 Å². The van der Waals surface area contributed by atoms with E-state index in [4.69, 9.17) is 11.6 Å². The molecule has 1 unspecified atom stereocenters. The number of benzene rings is 1. The highest BCUT2D eigenvalue weighted by molar-refractivity contribution is 9.10. The SMILES string of the molecule is CCc1cnc(C(C)NC(=O)c2cc(Cl)cc(Br)c2)s1. The van der Waals surface area contributed by atoms with Crippen molar-refractivity contribution in [3.05, 3.63) is 49.3 Å². The number of carbonyl (C=O) groups is 1. The van der Waals surface area contributed by atoms with E-state index in [0.29, 0.717) is 10.6 Å². The van der Waals surface area contributed by atoms with E-state index < -0.39 is 0 Å². The third kappa shape index (κ3) is 3.81. The van der Waals surface area contributed by atoms with Gasteiger partial charge in [0.05, 0.1) is 6.04 Å². The molecule has 2 aromatic rings. The molecule has 0 aliphatic heterocycles. The number of carbonyl (C=O) groups excluding carboxylic acids is 1. The molecule has 6 heteroatoms. The number of hydrogen-bond acceptors (Lipinski definition) is 3. The Hall–Kier alpha value is -0.910. The van der Waals surface area contributed by atoms with Crippen LogP contribution in [0, 0.1) is 0 Å². The second-order valence-electron chi connectivity index (χ2n) is 4.37. The van der Waals surface area contributed by atoms with E-state index in [1.807, 2.05) is 13.1 Å². The summed E-state index contributed by atoms with van der Waals surface area (Å²) >= 11 is 10.9. The van der Waals surface area contributed by atoms with Gasteiger partial charge >= 0.3 is 0 Å². The summed E-state index contributed by atoms with van der Waals surface area (Å²) in [6.07, 6.45) is 2.82. The first-order chi connectivity index (χ1) is 9.49. The first-order valence-electron chi connectivity index (χ1n) is 6.21. The van der Waals surface area contributed by atoms with Gasteiger partial charge in [-0.2, -0.15) is 0 Å². The Morgan fingerprint density at radius 2 is 2.25 bits per heavy atom. The van der Waals surface area contributed by atoms with Crippen LogP contribution >= 0.6 is 38.9 Å². The van der Waals surface area contributed by atoms with Crippen molar-refractivity contribution in [2.24, 2.45) is 0 Å². The number of thiazole rings is 1. The topological polar surface area (TPSA) is 42.0 Å². The van der Waals surface area contributed by atoms with Crippen molar-refractivity contribution in [3.63, 3.8) is 0 Å². The summed E-state index contributed by atoms with van der Waals surface area (Å²) in [6.45, 7) is 4.01. The van der Waals surface area contributed by atoms with Gasteiger partial charge in [0.15, 0.2) is 0 Å². The molecule has 0 aliphatic rings. The highest BCUT2D eigenvalue weighted by Crippen LogP contribution is 2.22. The summed E-state index contributed by atoms with van der Waals surface area (Å²) in [5, 5.41) is 4.37. The summed E-state index contributed by atoms with van der Waals surface area (Å²) in [6, 6.07) is 5.02. The predicted molar refractivity (Wildman–Crippen MR) is 86.5 cm³/mol. The van der Waals surface area contributed by atoms with Crippen LogP contribution in [0.3, 0.4) is 0 Å². The normalized spacial score (nSPS) is 12.2. The summed E-state index contributed by atoms with van der Waals surface area (Å²) in [5.74, 6) is -0.158. The molecule has 2 rings (SSSR count). The van der Waals surface area contributed by atoms with E-state index >= 15 is 0 Å². The molecule has 1 amide bonds. The van der Waals surface area contributed by atoms with Crippen LogP contribution in [-0.4, -0.2) is 10.9 Å². The molecular formula is C14H14BrClN2OS. The molecule has 3 nitrogen and oxygen atoms in total. The molecule has 1 N–H and O–H groups in total. The number of aryl methyl sites for hydroxylation is 1. The molecule has 0 aliphatic carbocycles. The number of nitrogens with zero attached hydrogens (tertiary/aromatic N) is 1. The van der Waals surface area contributed by atoms with Crippen LogP contribution in [0.1, 0.15) is 40.1 Å². The lowest BCUT2D eigenvalue weighted by molar-refractivity contribution is 0.0940. The van der Waals surface area contributed by atoms with Crippen molar-refractivity contribution in [3.8, 4) is 0 Å². The Morgan fingerprint density at radius 1 is 1.50 bits per heavy atom. The van der Waals surface area contributed by atoms with Crippen LogP contribution in [0.4, 0.5) is 0 Å². The molecule has 0 radical (unpaired) electrons. The summed E-state index contributed by atoms with van der Waals surface area (Å²) in [7, 11) is 0. The Balaban J connectivity index is 2.10. The molecule has 20 heavy (non-hydrogen) atoms. The van der Waals surface area contributed by atoms with E-state index in [2.05, 4.69) is 33.2 Å². The predicted octanol–water partition coefficient (Wildman–Crippen LogP) is 4.61. The molecule has 106 valence electrons. The number of amides is 1. The van der Waals surface area contributed by atoms with Gasteiger partial charge in [0, 0.05) is 26.1 Å². The zero-order valence-corrected chi connectivity index (χ0v) is 14.3. The van der Waals surface area contributed by atoms with E-state index in [1.165, 1.54) is 4.88 Å². The molecule has 0 bridgehead atoms. The third-order valence-electron chi connectivity index (χ3n) is 2.76. The summed E-state index contributed by atoms with van der Waals surface area (Å²) < 4.78 is 0.783. The van der Waals surface area contributed by atoms with Crippen molar-refractivity contribution in [2.45, 2.75) is 26.3 Å². The van der Waals surface area contributed by atoms with Crippen LogP contribution in [0.2, 0.25) is 5.02 Å². The third-order valence-corrected chi connectivity index (χ3v) is 4.76. The van der Waals surface area contributed by atoms with Gasteiger partial charge in [0.25, 0.3) is 5.91 Å². The average Bonchev–Trinajstić information content (AvgIpc) is 2.86. The van der Waals surface area contributed by atoms with Crippen molar-refractivity contribution in [1.29, 1.82) is 0 Å². The second kappa shape index (κ2) is 6.70. The Labute approximate surface area is 135 Å². The average molecular weight is 374 g/mol. The highest BCUT2D eigenvalue weighted by atomic mass is 79.9. The van der Waals surface area contributed by atoms with Gasteiger partial charge in [-0.15, -0.1) is 11.3 Å². The summed E-state index contributed by atoms with van der Waals surface area (Å²) in [4.78, 5) is 17.7. The maximum absolute atomic E-state index is 12.2. The minimum absolute atomic E-state index is 0.120. The van der Waals surface area contributed by atoms with Crippen molar-refractivity contribution in [2.75, 3.05) is 0 Å². The fourth-order valence-corrected chi connectivity index (χ4v) is 3.43. The van der Waals surface area contributed by atoms with Gasteiger partial charge in [-0.25, -0.2) is 4.98 Å². The number of halogens is 2. The van der Waals surface area contributed by atoms with Crippen molar-refractivity contribution in [1.82, 2.24) is 10.3 Å². The summed E-state index contributed by atoms with van der Waals surface area (Å²) in [5.41, 5.74) is 0.531. The monoisotopic (exact) mass is 372 g/mol. The van der Waals surface area contributed by atoms with Crippen LogP contribution in [0.25, 0.3) is 0 Å². The number of nitrogens with one attached hydrogen (secondary N) is 1. The Bertz CT molecular complexity index is 609. The molecule has 0 saturated heterocycles. The van der Waals surface area contributed by atoms with Crippen LogP contribution < -0.4 is 5.32 Å². The number of rotatable bonds is 4. The second-order valence-corrected chi connectivity index (χ2v) is 6.87. The van der Waals surface area contributed by atoms with E-state index in [0.717, 1.165) is 15.9 Å². The standard InChI is InChI=1S/C14H14BrClN2OS/c1-3-12-7-17-14(20-12)8(2)18-13(19)9-4-10(15)6-11(16)5-9/h4-8H,3H2,1-2H3,(H,18,19). The van der Waals surface area contributed by atoms with Crippen molar-refractivity contribution >= 4 is 44.8 Å². The van der Waals surface area contributed by atoms with E-state index in [9.17, 15) is 4.79 Å². The maximum Gasteiger partial charge on any atom is 0.251 e. The largest absolute Gasteiger partial charge is 0.343 e. The van der Waals surface area contributed by atoms with Crippen molar-refractivity contribution < 1.29 is 4.79 Å². The fourth-order valence-electron chi connectivity index (χ4n) is 1.71. The lowest BCUT2D eigenvalue weighted by atomic mass is 10.2. The highest BCUT2D eigenvalue weighted by Gasteiger charge is 2.15. The molecule has 0 spiro atoms. The lowest BCUT2D eigenvalue weighted by Crippen LogP contribution is -2.26. The smallest absolute Gasteiger partial charge is 0.251 e. The molecule has 1 heterocycles. The van der Waals surface area contributed by atoms with Gasteiger partial charge in [0.1, 0.15) is 5.01 Å². The molecule has 1 aromatic carbocycles. The Kier molecular flexibility index (Phi) is 5.18. The van der Waals surface area contributed by atoms with Gasteiger partial charge in [-0.1, -0.05) is 34.5 Å². The van der Waals surface area contributed by atoms with Crippen LogP contribution in [-0.2, 0) is 6.42 Å². The van der Waals surface area contributed by atoms with Crippen LogP contribution in [0.5, 0.6) is 0 Å². The fraction of sp³-hybridized carbons (Fsp3) is 0.286. The minimum atomic E-state index is -0.158. The Morgan fingerprint density at radius 3 is 2.85 bits per heavy atom. The van der Waals surface area contributed by atoms with E-state index in [-0.39, 0.29) is 11.9 Å². The zero-order chi connectivity index (χ0) is 14.7. The van der Waals surface area contributed by atoms with E-state index in [1.54, 1.807) is 29.5 Å². The quantitative estimate of drug-likeness (QED) is 0.850. The molecular weight excluding hydrogens is 360 g/mol. The van der Waals surface area contributed by atoms with Crippen LogP contribution in [0.15, 0.2) is 28.9 Å². The number of aromatic nitrogens is 1. The number of hydrogen-bond donors (Lipinski definition) is 1. The van der Waals surface area contributed by atoms with Gasteiger partial charge < -0.3 is 5.32 Å². The lowest BCUT2D eigenvalue weighted by Gasteiger charge is -2.11. The molecule has 1 aromatic heterocycles. The molecule has 0 saturated carbocycles. The first-order valence-corrected chi connectivity index (χ1v) is 8.20.